The van der Waals surface area contributed by atoms with Crippen molar-refractivity contribution in [1.82, 2.24) is 0 Å². The van der Waals surface area contributed by atoms with E-state index in [2.05, 4.69) is 10.1 Å². The first-order valence-electron chi connectivity index (χ1n) is 6.41. The van der Waals surface area contributed by atoms with E-state index in [1.165, 1.54) is 31.4 Å². The monoisotopic (exact) mass is 291 g/mol. The van der Waals surface area contributed by atoms with E-state index in [4.69, 9.17) is 0 Å². The highest BCUT2D eigenvalue weighted by molar-refractivity contribution is 5.90. The van der Waals surface area contributed by atoms with Crippen molar-refractivity contribution in [1.29, 1.82) is 0 Å². The van der Waals surface area contributed by atoms with Crippen LogP contribution in [0.2, 0.25) is 0 Å². The van der Waals surface area contributed by atoms with Gasteiger partial charge in [-0.05, 0) is 31.2 Å². The van der Waals surface area contributed by atoms with Crippen LogP contribution in [0.1, 0.15) is 28.9 Å². The minimum absolute atomic E-state index is 0.119. The Labute approximate surface area is 121 Å². The largest absolute Gasteiger partial charge is 0.465 e. The molecule has 0 bridgehead atoms. The van der Waals surface area contributed by atoms with Gasteiger partial charge in [-0.25, -0.2) is 13.6 Å². The van der Waals surface area contributed by atoms with Crippen LogP contribution in [0, 0.1) is 11.6 Å². The molecule has 2 aromatic carbocycles. The number of hydrogen-bond donors (Lipinski definition) is 1. The smallest absolute Gasteiger partial charge is 0.337 e. The molecular weight excluding hydrogens is 276 g/mol. The molecule has 0 aliphatic rings. The van der Waals surface area contributed by atoms with Crippen LogP contribution in [-0.2, 0) is 4.74 Å². The van der Waals surface area contributed by atoms with E-state index in [0.717, 1.165) is 0 Å². The van der Waals surface area contributed by atoms with E-state index in [1.807, 2.05) is 0 Å². The van der Waals surface area contributed by atoms with Crippen LogP contribution in [0.15, 0.2) is 42.5 Å². The lowest BCUT2D eigenvalue weighted by atomic mass is 10.1. The van der Waals surface area contributed by atoms with E-state index < -0.39 is 17.8 Å². The van der Waals surface area contributed by atoms with E-state index in [0.29, 0.717) is 5.56 Å². The summed E-state index contributed by atoms with van der Waals surface area (Å²) in [5.41, 5.74) is 0.760. The van der Waals surface area contributed by atoms with Gasteiger partial charge in [0.2, 0.25) is 0 Å². The molecule has 0 saturated heterocycles. The Kier molecular flexibility index (Phi) is 4.52. The molecule has 0 spiro atoms. The zero-order valence-electron chi connectivity index (χ0n) is 11.7. The number of nitrogens with one attached hydrogen (secondary N) is 1. The quantitative estimate of drug-likeness (QED) is 0.868. The second-order valence-corrected chi connectivity index (χ2v) is 4.57. The summed E-state index contributed by atoms with van der Waals surface area (Å²) in [6, 6.07) is 9.65. The van der Waals surface area contributed by atoms with E-state index in [1.54, 1.807) is 25.1 Å². The third-order valence-corrected chi connectivity index (χ3v) is 3.13. The Morgan fingerprint density at radius 1 is 1.14 bits per heavy atom. The molecule has 1 atom stereocenters. The number of hydrogen-bond acceptors (Lipinski definition) is 3. The summed E-state index contributed by atoms with van der Waals surface area (Å²) in [6.07, 6.45) is 0. The molecule has 2 aromatic rings. The molecule has 0 aliphatic carbocycles. The number of carbonyl (C=O) groups excluding carboxylic acids is 1. The highest BCUT2D eigenvalue weighted by Gasteiger charge is 2.14. The molecule has 0 saturated carbocycles. The number of ether oxygens (including phenoxy) is 1. The molecule has 0 fully saturated rings. The Hall–Kier alpha value is -2.43. The van der Waals surface area contributed by atoms with E-state index in [-0.39, 0.29) is 17.1 Å². The summed E-state index contributed by atoms with van der Waals surface area (Å²) < 4.78 is 32.1. The second-order valence-electron chi connectivity index (χ2n) is 4.57. The predicted octanol–water partition coefficient (Wildman–Crippen LogP) is 3.92. The molecule has 2 rings (SSSR count). The van der Waals surface area contributed by atoms with Gasteiger partial charge in [-0.15, -0.1) is 0 Å². The molecule has 0 aliphatic heterocycles. The van der Waals surface area contributed by atoms with Gasteiger partial charge >= 0.3 is 5.97 Å². The van der Waals surface area contributed by atoms with Crippen molar-refractivity contribution in [2.24, 2.45) is 0 Å². The van der Waals surface area contributed by atoms with Crippen molar-refractivity contribution in [2.75, 3.05) is 12.4 Å². The number of halogens is 2. The fourth-order valence-electron chi connectivity index (χ4n) is 2.02. The maximum atomic E-state index is 13.8. The number of anilines is 1. The van der Waals surface area contributed by atoms with Gasteiger partial charge in [-0.1, -0.05) is 18.2 Å². The molecule has 0 amide bonds. The van der Waals surface area contributed by atoms with Crippen LogP contribution >= 0.6 is 0 Å². The predicted molar refractivity (Wildman–Crippen MR) is 76.2 cm³/mol. The van der Waals surface area contributed by atoms with Crippen LogP contribution < -0.4 is 5.32 Å². The molecule has 0 heterocycles. The molecule has 5 heteroatoms. The standard InChI is InChI=1S/C16H15F2NO2/c1-10(12-5-3-4-6-13(12)17)19-15-9-11(16(20)21-2)7-8-14(15)18/h3-10,19H,1-2H3. The molecule has 21 heavy (non-hydrogen) atoms. The van der Waals surface area contributed by atoms with Crippen LogP contribution in [0.25, 0.3) is 0 Å². The summed E-state index contributed by atoms with van der Waals surface area (Å²) in [5.74, 6) is -1.45. The van der Waals surface area contributed by atoms with Gasteiger partial charge in [-0.2, -0.15) is 0 Å². The average Bonchev–Trinajstić information content (AvgIpc) is 2.49. The highest BCUT2D eigenvalue weighted by atomic mass is 19.1. The average molecular weight is 291 g/mol. The zero-order chi connectivity index (χ0) is 15.4. The maximum Gasteiger partial charge on any atom is 0.337 e. The van der Waals surface area contributed by atoms with Crippen LogP contribution in [0.4, 0.5) is 14.5 Å². The Balaban J connectivity index is 2.27. The molecule has 110 valence electrons. The van der Waals surface area contributed by atoms with Gasteiger partial charge in [-0.3, -0.25) is 0 Å². The van der Waals surface area contributed by atoms with E-state index in [9.17, 15) is 13.6 Å². The Bertz CT molecular complexity index is 658. The summed E-state index contributed by atoms with van der Waals surface area (Å²) >= 11 is 0. The molecule has 0 radical (unpaired) electrons. The number of esters is 1. The summed E-state index contributed by atoms with van der Waals surface area (Å²) in [7, 11) is 1.25. The molecule has 3 nitrogen and oxygen atoms in total. The Morgan fingerprint density at radius 2 is 1.86 bits per heavy atom. The Morgan fingerprint density at radius 3 is 2.52 bits per heavy atom. The van der Waals surface area contributed by atoms with Crippen molar-refractivity contribution in [3.63, 3.8) is 0 Å². The van der Waals surface area contributed by atoms with Crippen molar-refractivity contribution in [2.45, 2.75) is 13.0 Å². The normalized spacial score (nSPS) is 11.8. The third-order valence-electron chi connectivity index (χ3n) is 3.13. The zero-order valence-corrected chi connectivity index (χ0v) is 11.7. The summed E-state index contributed by atoms with van der Waals surface area (Å²) in [5, 5.41) is 2.86. The fraction of sp³-hybridized carbons (Fsp3) is 0.188. The van der Waals surface area contributed by atoms with Gasteiger partial charge in [0.25, 0.3) is 0 Å². The molecule has 0 aromatic heterocycles. The topological polar surface area (TPSA) is 38.3 Å². The van der Waals surface area contributed by atoms with Gasteiger partial charge in [0, 0.05) is 5.56 Å². The van der Waals surface area contributed by atoms with Gasteiger partial charge in [0.05, 0.1) is 24.4 Å². The van der Waals surface area contributed by atoms with Crippen LogP contribution in [0.5, 0.6) is 0 Å². The summed E-state index contributed by atoms with van der Waals surface area (Å²) in [4.78, 5) is 11.5. The number of benzene rings is 2. The van der Waals surface area contributed by atoms with Crippen molar-refractivity contribution >= 4 is 11.7 Å². The molecule has 1 unspecified atom stereocenters. The van der Waals surface area contributed by atoms with Crippen molar-refractivity contribution in [3.05, 3.63) is 65.2 Å². The van der Waals surface area contributed by atoms with Crippen molar-refractivity contribution < 1.29 is 18.3 Å². The fourth-order valence-corrected chi connectivity index (χ4v) is 2.02. The minimum Gasteiger partial charge on any atom is -0.465 e. The lowest BCUT2D eigenvalue weighted by Gasteiger charge is -2.17. The van der Waals surface area contributed by atoms with Gasteiger partial charge in [0.1, 0.15) is 11.6 Å². The first-order chi connectivity index (χ1) is 10.0. The van der Waals surface area contributed by atoms with Crippen LogP contribution in [-0.4, -0.2) is 13.1 Å². The number of rotatable bonds is 4. The van der Waals surface area contributed by atoms with E-state index >= 15 is 0 Å². The second kappa shape index (κ2) is 6.35. The van der Waals surface area contributed by atoms with Crippen LogP contribution in [0.3, 0.4) is 0 Å². The van der Waals surface area contributed by atoms with Gasteiger partial charge in [0.15, 0.2) is 0 Å². The summed E-state index contributed by atoms with van der Waals surface area (Å²) in [6.45, 7) is 1.71. The van der Waals surface area contributed by atoms with Crippen molar-refractivity contribution in [3.8, 4) is 0 Å². The molecular formula is C16H15F2NO2. The third kappa shape index (κ3) is 3.37. The molecule has 1 N–H and O–H groups in total. The van der Waals surface area contributed by atoms with Gasteiger partial charge < -0.3 is 10.1 Å². The maximum absolute atomic E-state index is 13.8. The first kappa shape index (κ1) is 15.0. The first-order valence-corrected chi connectivity index (χ1v) is 6.41. The number of methoxy groups -OCH3 is 1. The highest BCUT2D eigenvalue weighted by Crippen LogP contribution is 2.24. The number of carbonyl (C=O) groups is 1. The minimum atomic E-state index is -0.559. The SMILES string of the molecule is COC(=O)c1ccc(F)c(NC(C)c2ccccc2F)c1. The lowest BCUT2D eigenvalue weighted by Crippen LogP contribution is -2.11. The lowest BCUT2D eigenvalue weighted by molar-refractivity contribution is 0.0600.